The van der Waals surface area contributed by atoms with E-state index in [2.05, 4.69) is 39.0 Å². The lowest BCUT2D eigenvalue weighted by Gasteiger charge is -2.14. The number of aryl methyl sites for hydroxylation is 1. The molecule has 0 spiro atoms. The zero-order valence-electron chi connectivity index (χ0n) is 11.5. The Hall–Kier alpha value is -1.62. The Balaban J connectivity index is 2.01. The molecule has 0 aliphatic rings. The summed E-state index contributed by atoms with van der Waals surface area (Å²) in [6, 6.07) is 4.27. The Kier molecular flexibility index (Phi) is 4.74. The highest BCUT2D eigenvalue weighted by Crippen LogP contribution is 2.14. The molecule has 4 nitrogen and oxygen atoms in total. The van der Waals surface area contributed by atoms with E-state index in [1.165, 1.54) is 5.56 Å². The molecule has 0 aromatic carbocycles. The van der Waals surface area contributed by atoms with Gasteiger partial charge in [0.05, 0.1) is 6.61 Å². The van der Waals surface area contributed by atoms with Gasteiger partial charge in [0.2, 0.25) is 11.8 Å². The second-order valence-corrected chi connectivity index (χ2v) is 5.27. The first kappa shape index (κ1) is 13.8. The van der Waals surface area contributed by atoms with Gasteiger partial charge in [-0.1, -0.05) is 0 Å². The summed E-state index contributed by atoms with van der Waals surface area (Å²) in [5.41, 5.74) is 2.24. The Labute approximate surface area is 117 Å². The van der Waals surface area contributed by atoms with Crippen molar-refractivity contribution in [2.24, 2.45) is 0 Å². The molecule has 0 aliphatic heterocycles. The van der Waals surface area contributed by atoms with E-state index < -0.39 is 0 Å². The zero-order valence-corrected chi connectivity index (χ0v) is 12.3. The molecule has 19 heavy (non-hydrogen) atoms. The molecular weight excluding hydrogens is 258 g/mol. The number of nitrogens with zero attached hydrogens (tertiary/aromatic N) is 2. The van der Waals surface area contributed by atoms with E-state index in [0.29, 0.717) is 18.4 Å². The lowest BCUT2D eigenvalue weighted by Crippen LogP contribution is -2.20. The van der Waals surface area contributed by atoms with E-state index in [0.717, 1.165) is 12.1 Å². The Morgan fingerprint density at radius 1 is 1.42 bits per heavy atom. The number of rotatable bonds is 6. The van der Waals surface area contributed by atoms with Gasteiger partial charge in [-0.2, -0.15) is 16.3 Å². The molecule has 0 saturated heterocycles. The van der Waals surface area contributed by atoms with E-state index in [1.807, 2.05) is 19.9 Å². The number of anilines is 1. The quantitative estimate of drug-likeness (QED) is 0.880. The predicted molar refractivity (Wildman–Crippen MR) is 79.0 cm³/mol. The molecule has 1 atom stereocenters. The Morgan fingerprint density at radius 2 is 2.26 bits per heavy atom. The highest BCUT2D eigenvalue weighted by Gasteiger charge is 2.08. The van der Waals surface area contributed by atoms with Gasteiger partial charge < -0.3 is 10.1 Å². The van der Waals surface area contributed by atoms with Crippen LogP contribution in [0.15, 0.2) is 22.9 Å². The van der Waals surface area contributed by atoms with Crippen LogP contribution < -0.4 is 10.1 Å². The van der Waals surface area contributed by atoms with Gasteiger partial charge in [0.15, 0.2) is 0 Å². The van der Waals surface area contributed by atoms with Crippen molar-refractivity contribution in [3.05, 3.63) is 34.2 Å². The molecule has 0 radical (unpaired) electrons. The fourth-order valence-electron chi connectivity index (χ4n) is 1.86. The molecule has 1 N–H and O–H groups in total. The molecule has 2 rings (SSSR count). The van der Waals surface area contributed by atoms with Crippen molar-refractivity contribution in [2.45, 2.75) is 33.2 Å². The standard InChI is InChI=1S/C14H19N3OS/c1-4-18-13-8-11(3)16-14(17-13)15-10(2)7-12-5-6-19-9-12/h5-6,8-10H,4,7H2,1-3H3,(H,15,16,17). The van der Waals surface area contributed by atoms with Gasteiger partial charge in [-0.25, -0.2) is 4.98 Å². The second kappa shape index (κ2) is 6.52. The Morgan fingerprint density at radius 3 is 2.95 bits per heavy atom. The van der Waals surface area contributed by atoms with Crippen molar-refractivity contribution in [1.29, 1.82) is 0 Å². The van der Waals surface area contributed by atoms with Crippen LogP contribution in [0, 0.1) is 6.92 Å². The molecule has 0 aliphatic carbocycles. The summed E-state index contributed by atoms with van der Waals surface area (Å²) in [7, 11) is 0. The maximum Gasteiger partial charge on any atom is 0.226 e. The molecule has 0 amide bonds. The number of thiophene rings is 1. The van der Waals surface area contributed by atoms with Crippen molar-refractivity contribution in [3.8, 4) is 5.88 Å². The SMILES string of the molecule is CCOc1cc(C)nc(NC(C)Cc2ccsc2)n1. The average molecular weight is 277 g/mol. The van der Waals surface area contributed by atoms with Gasteiger partial charge >= 0.3 is 0 Å². The smallest absolute Gasteiger partial charge is 0.226 e. The minimum Gasteiger partial charge on any atom is -0.478 e. The first-order valence-electron chi connectivity index (χ1n) is 6.43. The predicted octanol–water partition coefficient (Wildman–Crippen LogP) is 3.29. The number of hydrogen-bond acceptors (Lipinski definition) is 5. The van der Waals surface area contributed by atoms with E-state index in [9.17, 15) is 0 Å². The molecule has 5 heteroatoms. The van der Waals surface area contributed by atoms with E-state index in [4.69, 9.17) is 4.74 Å². The maximum atomic E-state index is 5.43. The van der Waals surface area contributed by atoms with Crippen LogP contribution in [-0.4, -0.2) is 22.6 Å². The van der Waals surface area contributed by atoms with Crippen LogP contribution in [0.1, 0.15) is 25.1 Å². The molecule has 0 saturated carbocycles. The van der Waals surface area contributed by atoms with E-state index >= 15 is 0 Å². The Bertz CT molecular complexity index is 513. The van der Waals surface area contributed by atoms with Crippen LogP contribution in [0.2, 0.25) is 0 Å². The van der Waals surface area contributed by atoms with Crippen molar-refractivity contribution >= 4 is 17.3 Å². The molecule has 0 fully saturated rings. The van der Waals surface area contributed by atoms with Gasteiger partial charge in [0.25, 0.3) is 0 Å². The first-order valence-corrected chi connectivity index (χ1v) is 7.37. The molecule has 2 aromatic heterocycles. The van der Waals surface area contributed by atoms with E-state index in [1.54, 1.807) is 11.3 Å². The lowest BCUT2D eigenvalue weighted by molar-refractivity contribution is 0.326. The van der Waals surface area contributed by atoms with Gasteiger partial charge in [0, 0.05) is 17.8 Å². The molecule has 2 heterocycles. The molecule has 102 valence electrons. The van der Waals surface area contributed by atoms with Gasteiger partial charge in [-0.15, -0.1) is 0 Å². The van der Waals surface area contributed by atoms with Crippen molar-refractivity contribution in [3.63, 3.8) is 0 Å². The summed E-state index contributed by atoms with van der Waals surface area (Å²) < 4.78 is 5.43. The number of ether oxygens (including phenoxy) is 1. The largest absolute Gasteiger partial charge is 0.478 e. The minimum atomic E-state index is 0.283. The monoisotopic (exact) mass is 277 g/mol. The number of nitrogens with one attached hydrogen (secondary N) is 1. The summed E-state index contributed by atoms with van der Waals surface area (Å²) in [4.78, 5) is 8.74. The fraction of sp³-hybridized carbons (Fsp3) is 0.429. The molecule has 1 unspecified atom stereocenters. The first-order chi connectivity index (χ1) is 9.17. The third kappa shape index (κ3) is 4.21. The van der Waals surface area contributed by atoms with Crippen molar-refractivity contribution in [2.75, 3.05) is 11.9 Å². The van der Waals surface area contributed by atoms with Gasteiger partial charge in [-0.05, 0) is 49.6 Å². The third-order valence-electron chi connectivity index (χ3n) is 2.62. The summed E-state index contributed by atoms with van der Waals surface area (Å²) in [5, 5.41) is 7.59. The van der Waals surface area contributed by atoms with Crippen molar-refractivity contribution < 1.29 is 4.74 Å². The van der Waals surface area contributed by atoms with Gasteiger partial charge in [-0.3, -0.25) is 0 Å². The highest BCUT2D eigenvalue weighted by atomic mass is 32.1. The third-order valence-corrected chi connectivity index (χ3v) is 3.35. The van der Waals surface area contributed by atoms with Crippen LogP contribution in [0.3, 0.4) is 0 Å². The topological polar surface area (TPSA) is 47.0 Å². The van der Waals surface area contributed by atoms with Crippen LogP contribution >= 0.6 is 11.3 Å². The molecular formula is C14H19N3OS. The van der Waals surface area contributed by atoms with Crippen LogP contribution in [0.25, 0.3) is 0 Å². The lowest BCUT2D eigenvalue weighted by atomic mass is 10.1. The van der Waals surface area contributed by atoms with Crippen LogP contribution in [0.4, 0.5) is 5.95 Å². The maximum absolute atomic E-state index is 5.43. The fourth-order valence-corrected chi connectivity index (χ4v) is 2.54. The number of hydrogen-bond donors (Lipinski definition) is 1. The molecule has 2 aromatic rings. The summed E-state index contributed by atoms with van der Waals surface area (Å²) in [5.74, 6) is 1.26. The molecule has 0 bridgehead atoms. The van der Waals surface area contributed by atoms with Gasteiger partial charge in [0.1, 0.15) is 0 Å². The van der Waals surface area contributed by atoms with Crippen LogP contribution in [0.5, 0.6) is 5.88 Å². The minimum absolute atomic E-state index is 0.283. The summed E-state index contributed by atoms with van der Waals surface area (Å²) >= 11 is 1.72. The summed E-state index contributed by atoms with van der Waals surface area (Å²) in [6.07, 6.45) is 0.963. The van der Waals surface area contributed by atoms with Crippen LogP contribution in [-0.2, 0) is 6.42 Å². The normalized spacial score (nSPS) is 12.2. The summed E-state index contributed by atoms with van der Waals surface area (Å²) in [6.45, 7) is 6.63. The van der Waals surface area contributed by atoms with E-state index in [-0.39, 0.29) is 6.04 Å². The number of aromatic nitrogens is 2. The van der Waals surface area contributed by atoms with Crippen molar-refractivity contribution in [1.82, 2.24) is 9.97 Å². The zero-order chi connectivity index (χ0) is 13.7. The highest BCUT2D eigenvalue weighted by molar-refractivity contribution is 7.07. The average Bonchev–Trinajstić information content (AvgIpc) is 2.81. The second-order valence-electron chi connectivity index (χ2n) is 4.49.